The Morgan fingerprint density at radius 1 is 1.00 bits per heavy atom. The number of rotatable bonds is 16. The van der Waals surface area contributed by atoms with Gasteiger partial charge in [-0.2, -0.15) is 11.8 Å². The molecule has 0 heterocycles. The van der Waals surface area contributed by atoms with Crippen molar-refractivity contribution in [3.05, 3.63) is 29.8 Å². The van der Waals surface area contributed by atoms with Gasteiger partial charge in [0.15, 0.2) is 5.78 Å². The fraction of sp³-hybridized carbons (Fsp3) is 0.619. The van der Waals surface area contributed by atoms with E-state index >= 15 is 0 Å². The second kappa shape index (κ2) is 13.9. The molecule has 0 bridgehead atoms. The topological polar surface area (TPSA) is 101 Å². The van der Waals surface area contributed by atoms with E-state index in [0.29, 0.717) is 23.5 Å². The highest BCUT2D eigenvalue weighted by Gasteiger charge is 2.36. The van der Waals surface area contributed by atoms with Gasteiger partial charge in [-0.05, 0) is 50.3 Å². The standard InChI is InChI=1S/C21H34O8SSi/c1-21(2,24)20(23)17-7-9-18(10-8-17)28-12-13-29-19(22)11-15-30-14-6-16-31(25-3,26-4)27-5/h7-10,24H,6,11-16H2,1-5H3. The van der Waals surface area contributed by atoms with E-state index in [9.17, 15) is 14.7 Å². The van der Waals surface area contributed by atoms with Gasteiger partial charge in [0.25, 0.3) is 0 Å². The van der Waals surface area contributed by atoms with Gasteiger partial charge in [-0.15, -0.1) is 0 Å². The lowest BCUT2D eigenvalue weighted by molar-refractivity contribution is -0.143. The van der Waals surface area contributed by atoms with Gasteiger partial charge in [-0.1, -0.05) is 0 Å². The minimum atomic E-state index is -2.51. The molecule has 8 nitrogen and oxygen atoms in total. The average Bonchev–Trinajstić information content (AvgIpc) is 2.76. The molecule has 10 heteroatoms. The first-order valence-corrected chi connectivity index (χ1v) is 13.1. The number of carbonyl (C=O) groups is 2. The Hall–Kier alpha value is -1.43. The molecule has 0 spiro atoms. The van der Waals surface area contributed by atoms with Gasteiger partial charge in [0.1, 0.15) is 24.6 Å². The van der Waals surface area contributed by atoms with Crippen molar-refractivity contribution in [2.75, 3.05) is 46.0 Å². The molecule has 0 amide bonds. The highest BCUT2D eigenvalue weighted by atomic mass is 32.2. The second-order valence-corrected chi connectivity index (χ2v) is 11.6. The number of esters is 1. The number of ether oxygens (including phenoxy) is 2. The Morgan fingerprint density at radius 3 is 2.16 bits per heavy atom. The molecule has 31 heavy (non-hydrogen) atoms. The maximum absolute atomic E-state index is 12.0. The fourth-order valence-electron chi connectivity index (χ4n) is 2.65. The van der Waals surface area contributed by atoms with Crippen LogP contribution in [0.15, 0.2) is 24.3 Å². The summed E-state index contributed by atoms with van der Waals surface area (Å²) in [5.41, 5.74) is -1.01. The van der Waals surface area contributed by atoms with E-state index in [1.54, 1.807) is 57.4 Å². The van der Waals surface area contributed by atoms with Crippen molar-refractivity contribution in [1.82, 2.24) is 0 Å². The quantitative estimate of drug-likeness (QED) is 0.168. The van der Waals surface area contributed by atoms with Crippen molar-refractivity contribution >= 4 is 32.3 Å². The number of thioether (sulfide) groups is 1. The van der Waals surface area contributed by atoms with Crippen LogP contribution in [-0.4, -0.2) is 77.3 Å². The molecular weight excluding hydrogens is 440 g/mol. The molecule has 0 unspecified atom stereocenters. The highest BCUT2D eigenvalue weighted by Crippen LogP contribution is 2.18. The monoisotopic (exact) mass is 474 g/mol. The number of Topliss-reactive ketones (excluding diaryl/α,β-unsaturated/α-hetero) is 1. The SMILES string of the molecule is CO[Si](CCCSCCC(=O)OCCOc1ccc(C(=O)C(C)(C)O)cc1)(OC)OC. The van der Waals surface area contributed by atoms with Gasteiger partial charge in [-0.3, -0.25) is 9.59 Å². The summed E-state index contributed by atoms with van der Waals surface area (Å²) in [6.45, 7) is 3.26. The molecule has 0 aliphatic carbocycles. The molecule has 0 saturated carbocycles. The number of hydrogen-bond acceptors (Lipinski definition) is 9. The van der Waals surface area contributed by atoms with E-state index in [1.165, 1.54) is 13.8 Å². The summed E-state index contributed by atoms with van der Waals surface area (Å²) in [4.78, 5) is 23.8. The minimum Gasteiger partial charge on any atom is -0.490 e. The smallest absolute Gasteiger partial charge is 0.490 e. The molecule has 0 saturated heterocycles. The normalized spacial score (nSPS) is 11.9. The van der Waals surface area contributed by atoms with Gasteiger partial charge in [0, 0.05) is 38.7 Å². The van der Waals surface area contributed by atoms with E-state index in [-0.39, 0.29) is 25.0 Å². The molecule has 176 valence electrons. The first kappa shape index (κ1) is 27.6. The molecule has 1 aromatic rings. The van der Waals surface area contributed by atoms with Crippen LogP contribution in [0.4, 0.5) is 0 Å². The molecular formula is C21H34O8SSi. The Bertz CT molecular complexity index is 663. The zero-order valence-corrected chi connectivity index (χ0v) is 20.8. The van der Waals surface area contributed by atoms with Crippen LogP contribution < -0.4 is 4.74 Å². The molecule has 0 atom stereocenters. The highest BCUT2D eigenvalue weighted by molar-refractivity contribution is 7.99. The van der Waals surface area contributed by atoms with E-state index < -0.39 is 14.4 Å². The number of benzene rings is 1. The summed E-state index contributed by atoms with van der Waals surface area (Å²) in [5.74, 6) is 1.49. The lowest BCUT2D eigenvalue weighted by Crippen LogP contribution is -2.42. The maximum atomic E-state index is 12.0. The Balaban J connectivity index is 2.15. The summed E-state index contributed by atoms with van der Waals surface area (Å²) in [6.07, 6.45) is 1.22. The number of ketones is 1. The average molecular weight is 475 g/mol. The van der Waals surface area contributed by atoms with Crippen LogP contribution in [0.5, 0.6) is 5.75 Å². The van der Waals surface area contributed by atoms with Crippen molar-refractivity contribution in [1.29, 1.82) is 0 Å². The summed E-state index contributed by atoms with van der Waals surface area (Å²) in [5, 5.41) is 9.76. The molecule has 0 aliphatic heterocycles. The predicted octanol–water partition coefficient (Wildman–Crippen LogP) is 2.95. The predicted molar refractivity (Wildman–Crippen MR) is 122 cm³/mol. The zero-order valence-electron chi connectivity index (χ0n) is 19.0. The summed E-state index contributed by atoms with van der Waals surface area (Å²) in [6, 6.07) is 7.21. The van der Waals surface area contributed by atoms with Gasteiger partial charge in [0.05, 0.1) is 6.42 Å². The van der Waals surface area contributed by atoms with Crippen molar-refractivity contribution in [2.24, 2.45) is 0 Å². The number of aliphatic hydroxyl groups is 1. The molecule has 0 radical (unpaired) electrons. The van der Waals surface area contributed by atoms with Crippen LogP contribution in [0, 0.1) is 0 Å². The van der Waals surface area contributed by atoms with Crippen LogP contribution >= 0.6 is 11.8 Å². The summed E-state index contributed by atoms with van der Waals surface area (Å²) in [7, 11) is 2.28. The van der Waals surface area contributed by atoms with Crippen LogP contribution in [0.2, 0.25) is 6.04 Å². The second-order valence-electron chi connectivity index (χ2n) is 7.24. The molecule has 0 aromatic heterocycles. The Morgan fingerprint density at radius 2 is 1.61 bits per heavy atom. The lowest BCUT2D eigenvalue weighted by atomic mass is 9.97. The van der Waals surface area contributed by atoms with Gasteiger partial charge < -0.3 is 27.9 Å². The van der Waals surface area contributed by atoms with Gasteiger partial charge in [0.2, 0.25) is 0 Å². The van der Waals surface area contributed by atoms with Crippen molar-refractivity contribution < 1.29 is 37.4 Å². The first-order chi connectivity index (χ1) is 14.7. The lowest BCUT2D eigenvalue weighted by Gasteiger charge is -2.24. The minimum absolute atomic E-state index is 0.150. The zero-order chi connectivity index (χ0) is 23.3. The van der Waals surface area contributed by atoms with Crippen LogP contribution in [0.3, 0.4) is 0 Å². The van der Waals surface area contributed by atoms with E-state index in [2.05, 4.69) is 0 Å². The van der Waals surface area contributed by atoms with Gasteiger partial charge in [-0.25, -0.2) is 0 Å². The van der Waals surface area contributed by atoms with Gasteiger partial charge >= 0.3 is 14.8 Å². The number of carbonyl (C=O) groups excluding carboxylic acids is 2. The molecule has 0 fully saturated rings. The third-order valence-corrected chi connectivity index (χ3v) is 8.34. The molecule has 1 rings (SSSR count). The summed E-state index contributed by atoms with van der Waals surface area (Å²) < 4.78 is 26.8. The van der Waals surface area contributed by atoms with Crippen LogP contribution in [0.25, 0.3) is 0 Å². The third kappa shape index (κ3) is 10.2. The largest absolute Gasteiger partial charge is 0.500 e. The summed E-state index contributed by atoms with van der Waals surface area (Å²) >= 11 is 1.67. The van der Waals surface area contributed by atoms with Crippen molar-refractivity contribution in [3.63, 3.8) is 0 Å². The van der Waals surface area contributed by atoms with Crippen LogP contribution in [0.1, 0.15) is 37.0 Å². The van der Waals surface area contributed by atoms with Crippen molar-refractivity contribution in [2.45, 2.75) is 38.3 Å². The maximum Gasteiger partial charge on any atom is 0.500 e. The van der Waals surface area contributed by atoms with E-state index in [4.69, 9.17) is 22.8 Å². The van der Waals surface area contributed by atoms with Crippen LogP contribution in [-0.2, 0) is 22.8 Å². The van der Waals surface area contributed by atoms with E-state index in [0.717, 1.165) is 18.2 Å². The first-order valence-electron chi connectivity index (χ1n) is 10.1. The third-order valence-electron chi connectivity index (χ3n) is 4.44. The van der Waals surface area contributed by atoms with E-state index in [1.807, 2.05) is 0 Å². The molecule has 0 aliphatic rings. The van der Waals surface area contributed by atoms with Crippen molar-refractivity contribution in [3.8, 4) is 5.75 Å². The Labute approximate surface area is 189 Å². The fourth-order valence-corrected chi connectivity index (χ4v) is 5.49. The molecule has 1 N–H and O–H groups in total. The molecule has 1 aromatic carbocycles. The Kier molecular flexibility index (Phi) is 12.3. The number of hydrogen-bond donors (Lipinski definition) is 1.